The van der Waals surface area contributed by atoms with Gasteiger partial charge in [0, 0.05) is 16.4 Å². The molecule has 94 valence electrons. The lowest BCUT2D eigenvalue weighted by Crippen LogP contribution is -1.97. The molecule has 0 radical (unpaired) electrons. The maximum absolute atomic E-state index is 6.07. The Balaban J connectivity index is 2.33. The summed E-state index contributed by atoms with van der Waals surface area (Å²) < 4.78 is 6.53. The van der Waals surface area contributed by atoms with Gasteiger partial charge in [0.1, 0.15) is 5.02 Å². The van der Waals surface area contributed by atoms with E-state index in [4.69, 9.17) is 16.3 Å². The molecule has 2 heterocycles. The molecule has 0 spiro atoms. The molecule has 5 heteroatoms. The minimum atomic E-state index is 0.389. The van der Waals surface area contributed by atoms with Crippen molar-refractivity contribution in [2.45, 2.75) is 20.3 Å². The Morgan fingerprint density at radius 1 is 1.39 bits per heavy atom. The van der Waals surface area contributed by atoms with Gasteiger partial charge in [-0.05, 0) is 47.5 Å². The van der Waals surface area contributed by atoms with Gasteiger partial charge in [0.2, 0.25) is 5.88 Å². The average Bonchev–Trinajstić information content (AvgIpc) is 2.34. The first-order chi connectivity index (χ1) is 8.60. The fourth-order valence-corrected chi connectivity index (χ4v) is 2.19. The first-order valence-electron chi connectivity index (χ1n) is 5.55. The summed E-state index contributed by atoms with van der Waals surface area (Å²) in [6.07, 6.45) is 2.44. The number of aryl methyl sites for hydroxylation is 2. The number of ether oxygens (including phenoxy) is 1. The molecule has 0 saturated heterocycles. The molecule has 0 atom stereocenters. The highest BCUT2D eigenvalue weighted by atomic mass is 79.9. The van der Waals surface area contributed by atoms with Gasteiger partial charge in [-0.25, -0.2) is 4.98 Å². The van der Waals surface area contributed by atoms with Crippen molar-refractivity contribution < 1.29 is 4.74 Å². The Hall–Kier alpha value is -1.13. The van der Waals surface area contributed by atoms with Crippen LogP contribution in [0.1, 0.15) is 18.3 Å². The van der Waals surface area contributed by atoms with E-state index < -0.39 is 0 Å². The van der Waals surface area contributed by atoms with Crippen LogP contribution in [0, 0.1) is 6.92 Å². The summed E-state index contributed by atoms with van der Waals surface area (Å²) >= 11 is 9.37. The largest absolute Gasteiger partial charge is 0.436 e. The second-order valence-electron chi connectivity index (χ2n) is 3.79. The lowest BCUT2D eigenvalue weighted by Gasteiger charge is -2.10. The molecule has 2 aromatic heterocycles. The van der Waals surface area contributed by atoms with Crippen LogP contribution in [0.15, 0.2) is 28.9 Å². The van der Waals surface area contributed by atoms with Gasteiger partial charge >= 0.3 is 0 Å². The van der Waals surface area contributed by atoms with Crippen LogP contribution in [0.3, 0.4) is 0 Å². The van der Waals surface area contributed by atoms with Gasteiger partial charge in [-0.1, -0.05) is 18.5 Å². The van der Waals surface area contributed by atoms with E-state index in [1.54, 1.807) is 12.3 Å². The summed E-state index contributed by atoms with van der Waals surface area (Å²) in [5.41, 5.74) is 1.87. The number of nitrogens with zero attached hydrogens (tertiary/aromatic N) is 2. The van der Waals surface area contributed by atoms with Crippen molar-refractivity contribution in [3.8, 4) is 11.6 Å². The van der Waals surface area contributed by atoms with Gasteiger partial charge in [0.15, 0.2) is 5.75 Å². The summed E-state index contributed by atoms with van der Waals surface area (Å²) in [5, 5.41) is 0.465. The molecule has 0 aromatic carbocycles. The molecule has 2 aromatic rings. The number of aromatic nitrogens is 2. The standard InChI is InChI=1S/C13H12BrClN2O/c1-3-11-12(5-4-8(2)17-11)18-13-10(15)6-9(14)7-16-13/h4-7H,3H2,1-2H3. The smallest absolute Gasteiger partial charge is 0.238 e. The van der Waals surface area contributed by atoms with Crippen molar-refractivity contribution in [3.63, 3.8) is 0 Å². The highest BCUT2D eigenvalue weighted by Crippen LogP contribution is 2.30. The van der Waals surface area contributed by atoms with Gasteiger partial charge in [0.25, 0.3) is 0 Å². The zero-order chi connectivity index (χ0) is 13.1. The molecule has 0 saturated carbocycles. The maximum atomic E-state index is 6.07. The summed E-state index contributed by atoms with van der Waals surface area (Å²) in [4.78, 5) is 8.57. The van der Waals surface area contributed by atoms with Crippen LogP contribution >= 0.6 is 27.5 Å². The molecule has 0 fully saturated rings. The molecule has 18 heavy (non-hydrogen) atoms. The van der Waals surface area contributed by atoms with Gasteiger partial charge in [-0.3, -0.25) is 4.98 Å². The zero-order valence-electron chi connectivity index (χ0n) is 10.1. The summed E-state index contributed by atoms with van der Waals surface area (Å²) in [7, 11) is 0. The molecule has 0 amide bonds. The van der Waals surface area contributed by atoms with Gasteiger partial charge < -0.3 is 4.74 Å². The van der Waals surface area contributed by atoms with Gasteiger partial charge in [-0.15, -0.1) is 0 Å². The number of rotatable bonds is 3. The van der Waals surface area contributed by atoms with E-state index >= 15 is 0 Å². The lowest BCUT2D eigenvalue weighted by molar-refractivity contribution is 0.454. The van der Waals surface area contributed by atoms with Crippen LogP contribution in [0.25, 0.3) is 0 Å². The van der Waals surface area contributed by atoms with Crippen LogP contribution in [-0.4, -0.2) is 9.97 Å². The van der Waals surface area contributed by atoms with E-state index in [0.717, 1.165) is 22.3 Å². The molecule has 0 unspecified atom stereocenters. The quantitative estimate of drug-likeness (QED) is 0.829. The van der Waals surface area contributed by atoms with Crippen LogP contribution in [0.5, 0.6) is 11.6 Å². The molecule has 0 aliphatic heterocycles. The molecule has 2 rings (SSSR count). The van der Waals surface area contributed by atoms with Crippen molar-refractivity contribution in [2.75, 3.05) is 0 Å². The number of halogens is 2. The Bertz CT molecular complexity index is 575. The Kier molecular flexibility index (Phi) is 4.19. The van der Waals surface area contributed by atoms with Crippen molar-refractivity contribution in [1.29, 1.82) is 0 Å². The summed E-state index contributed by atoms with van der Waals surface area (Å²) in [6.45, 7) is 3.99. The van der Waals surface area contributed by atoms with Crippen LogP contribution in [0.4, 0.5) is 0 Å². The third-order valence-electron chi connectivity index (χ3n) is 2.39. The van der Waals surface area contributed by atoms with E-state index in [0.29, 0.717) is 16.7 Å². The maximum Gasteiger partial charge on any atom is 0.238 e. The second kappa shape index (κ2) is 5.67. The third-order valence-corrected chi connectivity index (χ3v) is 3.09. The highest BCUT2D eigenvalue weighted by Gasteiger charge is 2.09. The number of hydrogen-bond acceptors (Lipinski definition) is 3. The van der Waals surface area contributed by atoms with Gasteiger partial charge in [0.05, 0.1) is 5.69 Å². The molecule has 0 aliphatic carbocycles. The predicted molar refractivity (Wildman–Crippen MR) is 75.4 cm³/mol. The van der Waals surface area contributed by atoms with E-state index in [2.05, 4.69) is 25.9 Å². The van der Waals surface area contributed by atoms with Crippen molar-refractivity contribution in [3.05, 3.63) is 45.3 Å². The number of pyridine rings is 2. The van der Waals surface area contributed by atoms with Crippen LogP contribution < -0.4 is 4.74 Å². The van der Waals surface area contributed by atoms with Gasteiger partial charge in [-0.2, -0.15) is 0 Å². The molecular formula is C13H12BrClN2O. The van der Waals surface area contributed by atoms with Crippen LogP contribution in [-0.2, 0) is 6.42 Å². The monoisotopic (exact) mass is 326 g/mol. The fourth-order valence-electron chi connectivity index (χ4n) is 1.53. The van der Waals surface area contributed by atoms with E-state index in [9.17, 15) is 0 Å². The minimum Gasteiger partial charge on any atom is -0.436 e. The van der Waals surface area contributed by atoms with Crippen LogP contribution in [0.2, 0.25) is 5.02 Å². The zero-order valence-corrected chi connectivity index (χ0v) is 12.4. The molecule has 3 nitrogen and oxygen atoms in total. The molecular weight excluding hydrogens is 316 g/mol. The van der Waals surface area contributed by atoms with Crippen molar-refractivity contribution in [1.82, 2.24) is 9.97 Å². The Morgan fingerprint density at radius 2 is 2.17 bits per heavy atom. The van der Waals surface area contributed by atoms with Crippen molar-refractivity contribution >= 4 is 27.5 Å². The van der Waals surface area contributed by atoms with Crippen molar-refractivity contribution in [2.24, 2.45) is 0 Å². The first kappa shape index (κ1) is 13.3. The normalized spacial score (nSPS) is 10.4. The number of hydrogen-bond donors (Lipinski definition) is 0. The van der Waals surface area contributed by atoms with E-state index in [-0.39, 0.29) is 0 Å². The predicted octanol–water partition coefficient (Wildman–Crippen LogP) is 4.56. The topological polar surface area (TPSA) is 35.0 Å². The minimum absolute atomic E-state index is 0.389. The lowest BCUT2D eigenvalue weighted by atomic mass is 10.2. The molecule has 0 N–H and O–H groups in total. The SMILES string of the molecule is CCc1nc(C)ccc1Oc1ncc(Br)cc1Cl. The van der Waals surface area contributed by atoms with E-state index in [1.165, 1.54) is 0 Å². The summed E-state index contributed by atoms with van der Waals surface area (Å²) in [5.74, 6) is 1.08. The second-order valence-corrected chi connectivity index (χ2v) is 5.12. The highest BCUT2D eigenvalue weighted by molar-refractivity contribution is 9.10. The third kappa shape index (κ3) is 3.00. The fraction of sp³-hybridized carbons (Fsp3) is 0.231. The average molecular weight is 328 g/mol. The van der Waals surface area contributed by atoms with E-state index in [1.807, 2.05) is 26.0 Å². The Morgan fingerprint density at radius 3 is 2.83 bits per heavy atom. The Labute approximate surface area is 119 Å². The first-order valence-corrected chi connectivity index (χ1v) is 6.72. The molecule has 0 aliphatic rings. The molecule has 0 bridgehead atoms. The summed E-state index contributed by atoms with van der Waals surface area (Å²) in [6, 6.07) is 5.54.